The van der Waals surface area contributed by atoms with Crippen molar-refractivity contribution in [3.63, 3.8) is 0 Å². The zero-order chi connectivity index (χ0) is 21.8. The first-order chi connectivity index (χ1) is 13.5. The van der Waals surface area contributed by atoms with E-state index in [1.807, 2.05) is 38.1 Å². The second-order valence-corrected chi connectivity index (χ2v) is 10.3. The summed E-state index contributed by atoms with van der Waals surface area (Å²) >= 11 is 5.91. The van der Waals surface area contributed by atoms with Gasteiger partial charge in [0.2, 0.25) is 15.9 Å². The van der Waals surface area contributed by atoms with Crippen molar-refractivity contribution < 1.29 is 13.2 Å². The molecule has 0 radical (unpaired) electrons. The van der Waals surface area contributed by atoms with E-state index in [0.29, 0.717) is 17.4 Å². The maximum absolute atomic E-state index is 13.4. The number of carbonyl (C=O) groups excluding carboxylic acids is 1. The fraction of sp³-hybridized carbons (Fsp3) is 0.409. The van der Waals surface area contributed by atoms with Crippen molar-refractivity contribution in [2.75, 3.05) is 0 Å². The molecule has 29 heavy (non-hydrogen) atoms. The number of benzene rings is 2. The quantitative estimate of drug-likeness (QED) is 0.625. The standard InChI is InChI=1S/C22H29ClN2O3S/c1-15(2)13-21(22(24)26)25(14-17-5-7-18(8-6-17)16(3)4)29(27,28)20-11-9-19(23)10-12-20/h5-12,15-16,21H,13-14H2,1-4H3,(H2,24,26)/t21-/m1/s1. The molecule has 0 aliphatic carbocycles. The van der Waals surface area contributed by atoms with Crippen molar-refractivity contribution in [2.45, 2.75) is 57.5 Å². The average Bonchev–Trinajstić information content (AvgIpc) is 2.64. The van der Waals surface area contributed by atoms with Crippen LogP contribution in [-0.2, 0) is 21.4 Å². The Morgan fingerprint density at radius 1 is 1.00 bits per heavy atom. The minimum Gasteiger partial charge on any atom is -0.368 e. The van der Waals surface area contributed by atoms with E-state index in [-0.39, 0.29) is 17.4 Å². The van der Waals surface area contributed by atoms with Crippen LogP contribution in [0, 0.1) is 5.92 Å². The van der Waals surface area contributed by atoms with Crippen molar-refractivity contribution in [1.82, 2.24) is 4.31 Å². The van der Waals surface area contributed by atoms with Crippen molar-refractivity contribution in [2.24, 2.45) is 11.7 Å². The number of nitrogens with two attached hydrogens (primary N) is 1. The fourth-order valence-electron chi connectivity index (χ4n) is 3.11. The summed E-state index contributed by atoms with van der Waals surface area (Å²) in [6.45, 7) is 8.11. The van der Waals surface area contributed by atoms with Crippen molar-refractivity contribution >= 4 is 27.5 Å². The second kappa shape index (κ2) is 9.74. The third-order valence-electron chi connectivity index (χ3n) is 4.78. The van der Waals surface area contributed by atoms with Gasteiger partial charge >= 0.3 is 0 Å². The van der Waals surface area contributed by atoms with Crippen molar-refractivity contribution in [3.8, 4) is 0 Å². The summed E-state index contributed by atoms with van der Waals surface area (Å²) < 4.78 is 28.1. The van der Waals surface area contributed by atoms with Crippen LogP contribution in [0.15, 0.2) is 53.4 Å². The first-order valence-corrected chi connectivity index (χ1v) is 11.5. The number of carbonyl (C=O) groups is 1. The molecule has 0 saturated heterocycles. The van der Waals surface area contributed by atoms with Gasteiger partial charge in [-0.2, -0.15) is 4.31 Å². The van der Waals surface area contributed by atoms with Gasteiger partial charge in [0.1, 0.15) is 6.04 Å². The van der Waals surface area contributed by atoms with Crippen molar-refractivity contribution in [3.05, 3.63) is 64.7 Å². The maximum atomic E-state index is 13.4. The lowest BCUT2D eigenvalue weighted by Crippen LogP contribution is -2.48. The molecule has 0 spiro atoms. The highest BCUT2D eigenvalue weighted by atomic mass is 35.5. The van der Waals surface area contributed by atoms with Gasteiger partial charge in [-0.3, -0.25) is 4.79 Å². The van der Waals surface area contributed by atoms with E-state index in [9.17, 15) is 13.2 Å². The summed E-state index contributed by atoms with van der Waals surface area (Å²) in [7, 11) is -3.96. The van der Waals surface area contributed by atoms with E-state index in [0.717, 1.165) is 11.1 Å². The molecule has 0 aliphatic heterocycles. The summed E-state index contributed by atoms with van der Waals surface area (Å²) in [5.41, 5.74) is 7.59. The number of primary amides is 1. The van der Waals surface area contributed by atoms with Crippen LogP contribution in [0.2, 0.25) is 5.02 Å². The molecule has 0 saturated carbocycles. The molecule has 0 unspecified atom stereocenters. The largest absolute Gasteiger partial charge is 0.368 e. The topological polar surface area (TPSA) is 80.5 Å². The molecule has 2 aromatic carbocycles. The second-order valence-electron chi connectivity index (χ2n) is 7.95. The van der Waals surface area contributed by atoms with Gasteiger partial charge in [-0.25, -0.2) is 8.42 Å². The lowest BCUT2D eigenvalue weighted by atomic mass is 10.0. The van der Waals surface area contributed by atoms with Crippen LogP contribution < -0.4 is 5.73 Å². The van der Waals surface area contributed by atoms with E-state index in [1.165, 1.54) is 28.6 Å². The van der Waals surface area contributed by atoms with Crippen LogP contribution in [0.5, 0.6) is 0 Å². The summed E-state index contributed by atoms with van der Waals surface area (Å²) in [6, 6.07) is 12.7. The highest BCUT2D eigenvalue weighted by molar-refractivity contribution is 7.89. The molecule has 2 aromatic rings. The smallest absolute Gasteiger partial charge is 0.244 e. The molecule has 1 amide bonds. The lowest BCUT2D eigenvalue weighted by molar-refractivity contribution is -0.122. The highest BCUT2D eigenvalue weighted by Gasteiger charge is 2.35. The summed E-state index contributed by atoms with van der Waals surface area (Å²) in [4.78, 5) is 12.3. The molecule has 0 aromatic heterocycles. The predicted octanol–water partition coefficient (Wildman–Crippen LogP) is 4.55. The molecule has 0 fully saturated rings. The van der Waals surface area contributed by atoms with Gasteiger partial charge in [0.05, 0.1) is 4.90 Å². The van der Waals surface area contributed by atoms with E-state index >= 15 is 0 Å². The molecule has 0 heterocycles. The molecule has 7 heteroatoms. The Labute approximate surface area is 178 Å². The first-order valence-electron chi connectivity index (χ1n) is 9.68. The minimum absolute atomic E-state index is 0.0592. The van der Waals surface area contributed by atoms with Crippen LogP contribution in [0.4, 0.5) is 0 Å². The summed E-state index contributed by atoms with van der Waals surface area (Å²) in [6.07, 6.45) is 0.340. The average molecular weight is 437 g/mol. The van der Waals surface area contributed by atoms with E-state index in [2.05, 4.69) is 13.8 Å². The highest BCUT2D eigenvalue weighted by Crippen LogP contribution is 2.26. The number of hydrogen-bond donors (Lipinski definition) is 1. The monoisotopic (exact) mass is 436 g/mol. The van der Waals surface area contributed by atoms with Gasteiger partial charge in [-0.15, -0.1) is 0 Å². The Bertz CT molecular complexity index is 924. The van der Waals surface area contributed by atoms with Crippen LogP contribution >= 0.6 is 11.6 Å². The SMILES string of the molecule is CC(C)C[C@H](C(N)=O)N(Cc1ccc(C(C)C)cc1)S(=O)(=O)c1ccc(Cl)cc1. The van der Waals surface area contributed by atoms with Gasteiger partial charge in [-0.05, 0) is 53.6 Å². The third kappa shape index (κ3) is 6.04. The van der Waals surface area contributed by atoms with Crippen molar-refractivity contribution in [1.29, 1.82) is 0 Å². The molecule has 0 aliphatic rings. The zero-order valence-electron chi connectivity index (χ0n) is 17.3. The van der Waals surface area contributed by atoms with E-state index < -0.39 is 22.0 Å². The Hall–Kier alpha value is -1.89. The number of rotatable bonds is 9. The number of amides is 1. The van der Waals surface area contributed by atoms with E-state index in [1.54, 1.807) is 0 Å². The predicted molar refractivity (Wildman–Crippen MR) is 117 cm³/mol. The Morgan fingerprint density at radius 3 is 2.00 bits per heavy atom. The number of halogens is 1. The van der Waals surface area contributed by atoms with Gasteiger partial charge in [0, 0.05) is 11.6 Å². The molecule has 1 atom stereocenters. The summed E-state index contributed by atoms with van der Waals surface area (Å²) in [5, 5.41) is 0.438. The molecule has 2 rings (SSSR count). The molecular formula is C22H29ClN2O3S. The Morgan fingerprint density at radius 2 is 1.55 bits per heavy atom. The van der Waals surface area contributed by atoms with E-state index in [4.69, 9.17) is 17.3 Å². The van der Waals surface area contributed by atoms with Gasteiger partial charge in [0.25, 0.3) is 0 Å². The zero-order valence-corrected chi connectivity index (χ0v) is 18.9. The van der Waals surface area contributed by atoms with Gasteiger partial charge < -0.3 is 5.73 Å². The fourth-order valence-corrected chi connectivity index (χ4v) is 4.84. The molecule has 5 nitrogen and oxygen atoms in total. The van der Waals surface area contributed by atoms with Gasteiger partial charge in [0.15, 0.2) is 0 Å². The normalized spacial score (nSPS) is 13.2. The number of sulfonamides is 1. The van der Waals surface area contributed by atoms with Crippen LogP contribution in [0.1, 0.15) is 51.2 Å². The maximum Gasteiger partial charge on any atom is 0.244 e. The van der Waals surface area contributed by atoms with Crippen LogP contribution in [0.25, 0.3) is 0 Å². The lowest BCUT2D eigenvalue weighted by Gasteiger charge is -2.30. The number of hydrogen-bond acceptors (Lipinski definition) is 3. The Kier molecular flexibility index (Phi) is 7.86. The minimum atomic E-state index is -3.96. The molecule has 158 valence electrons. The molecule has 2 N–H and O–H groups in total. The first kappa shape index (κ1) is 23.4. The van der Waals surface area contributed by atoms with Crippen LogP contribution in [-0.4, -0.2) is 24.7 Å². The van der Waals surface area contributed by atoms with Crippen LogP contribution in [0.3, 0.4) is 0 Å². The summed E-state index contributed by atoms with van der Waals surface area (Å²) in [5.74, 6) is -0.189. The Balaban J connectivity index is 2.49. The van der Waals surface area contributed by atoms with Gasteiger partial charge in [-0.1, -0.05) is 63.6 Å². The molecule has 0 bridgehead atoms. The third-order valence-corrected chi connectivity index (χ3v) is 6.90. The molecular weight excluding hydrogens is 408 g/mol. The number of nitrogens with zero attached hydrogens (tertiary/aromatic N) is 1.